The third kappa shape index (κ3) is 3.04. The van der Waals surface area contributed by atoms with Crippen molar-refractivity contribution in [3.05, 3.63) is 77.6 Å². The van der Waals surface area contributed by atoms with Crippen molar-refractivity contribution in [3.63, 3.8) is 0 Å². The summed E-state index contributed by atoms with van der Waals surface area (Å²) in [7, 11) is 1.92. The summed E-state index contributed by atoms with van der Waals surface area (Å²) in [5, 5.41) is 8.79. The van der Waals surface area contributed by atoms with Crippen molar-refractivity contribution in [1.29, 1.82) is 5.26 Å². The van der Waals surface area contributed by atoms with Crippen molar-refractivity contribution in [2.45, 2.75) is 19.3 Å². The third-order valence-corrected chi connectivity index (χ3v) is 4.87. The second kappa shape index (κ2) is 6.49. The topological polar surface area (TPSA) is 29.8 Å². The van der Waals surface area contributed by atoms with E-state index in [4.69, 9.17) is 5.26 Å². The molecule has 0 aromatic heterocycles. The van der Waals surface area contributed by atoms with E-state index in [9.17, 15) is 0 Å². The molecule has 3 heteroatoms. The first-order valence-corrected chi connectivity index (χ1v) is 8.39. The van der Waals surface area contributed by atoms with Gasteiger partial charge in [-0.25, -0.2) is 4.58 Å². The molecule has 1 aliphatic heterocycles. The van der Waals surface area contributed by atoms with Gasteiger partial charge in [0.15, 0.2) is 5.70 Å². The summed E-state index contributed by atoms with van der Waals surface area (Å²) in [6, 6.07) is 10.6. The highest BCUT2D eigenvalue weighted by Crippen LogP contribution is 2.45. The molecular formula is C22H23N3+2. The molecule has 1 aromatic carbocycles. The number of hydrogen-bond acceptors (Lipinski definition) is 1. The van der Waals surface area contributed by atoms with Gasteiger partial charge in [0, 0.05) is 29.9 Å². The van der Waals surface area contributed by atoms with E-state index >= 15 is 0 Å². The summed E-state index contributed by atoms with van der Waals surface area (Å²) in [5.41, 5.74) is 5.75. The molecule has 0 amide bonds. The standard InChI is InChI=1S/C22H23N3/c1-22(2)19-7-5-6-8-20(19)25(4)21(22)14-11-17-9-12-18(13-10-17)24(3)16-15-23/h5-14H,4,16H2,1-3H3/q+2. The molecule has 0 radical (unpaired) electrons. The molecule has 0 atom stereocenters. The highest BCUT2D eigenvalue weighted by Gasteiger charge is 2.44. The number of rotatable bonds is 2. The van der Waals surface area contributed by atoms with Gasteiger partial charge in [0.05, 0.1) is 5.41 Å². The van der Waals surface area contributed by atoms with E-state index in [0.29, 0.717) is 6.54 Å². The van der Waals surface area contributed by atoms with Gasteiger partial charge in [-0.2, -0.15) is 9.84 Å². The minimum Gasteiger partial charge on any atom is -0.219 e. The van der Waals surface area contributed by atoms with Gasteiger partial charge in [-0.3, -0.25) is 0 Å². The molecule has 0 saturated carbocycles. The second-order valence-electron chi connectivity index (χ2n) is 6.89. The summed E-state index contributed by atoms with van der Waals surface area (Å²) >= 11 is 0. The number of allylic oxidation sites excluding steroid dienone is 8. The van der Waals surface area contributed by atoms with Crippen LogP contribution in [-0.2, 0) is 5.41 Å². The maximum atomic E-state index is 8.79. The van der Waals surface area contributed by atoms with E-state index < -0.39 is 0 Å². The molecule has 1 aromatic rings. The molecule has 0 fully saturated rings. The Morgan fingerprint density at radius 2 is 1.84 bits per heavy atom. The van der Waals surface area contributed by atoms with Crippen molar-refractivity contribution < 1.29 is 9.15 Å². The zero-order chi connectivity index (χ0) is 18.0. The summed E-state index contributed by atoms with van der Waals surface area (Å²) in [4.78, 5) is 0. The van der Waals surface area contributed by atoms with E-state index in [1.165, 1.54) is 16.9 Å². The maximum Gasteiger partial charge on any atom is 0.228 e. The van der Waals surface area contributed by atoms with Crippen LogP contribution in [0.2, 0.25) is 0 Å². The largest absolute Gasteiger partial charge is 0.228 e. The highest BCUT2D eigenvalue weighted by atomic mass is 15.1. The Labute approximate surface area is 149 Å². The van der Waals surface area contributed by atoms with Crippen LogP contribution in [0.5, 0.6) is 0 Å². The molecule has 3 rings (SSSR count). The number of para-hydroxylation sites is 1. The van der Waals surface area contributed by atoms with E-state index in [1.807, 2.05) is 28.4 Å². The number of benzene rings is 1. The molecule has 0 unspecified atom stereocenters. The predicted molar refractivity (Wildman–Crippen MR) is 103 cm³/mol. The minimum atomic E-state index is -0.0677. The molecule has 1 heterocycles. The van der Waals surface area contributed by atoms with Crippen LogP contribution >= 0.6 is 0 Å². The van der Waals surface area contributed by atoms with Gasteiger partial charge in [-0.05, 0) is 37.6 Å². The van der Waals surface area contributed by atoms with Crippen LogP contribution in [0.3, 0.4) is 0 Å². The molecule has 0 N–H and O–H groups in total. The van der Waals surface area contributed by atoms with Crippen molar-refractivity contribution in [1.82, 2.24) is 0 Å². The number of nitriles is 1. The molecule has 0 saturated heterocycles. The van der Waals surface area contributed by atoms with Crippen molar-refractivity contribution in [3.8, 4) is 6.07 Å². The first-order chi connectivity index (χ1) is 11.9. The lowest BCUT2D eigenvalue weighted by Gasteiger charge is -2.14. The molecule has 25 heavy (non-hydrogen) atoms. The Bertz CT molecular complexity index is 910. The third-order valence-electron chi connectivity index (χ3n) is 4.87. The van der Waals surface area contributed by atoms with Crippen LogP contribution in [0.4, 0.5) is 5.69 Å². The van der Waals surface area contributed by atoms with Gasteiger partial charge in [0.1, 0.15) is 19.8 Å². The monoisotopic (exact) mass is 329 g/mol. The lowest BCUT2D eigenvalue weighted by molar-refractivity contribution is -0.482. The quantitative estimate of drug-likeness (QED) is 0.598. The summed E-state index contributed by atoms with van der Waals surface area (Å²) in [6.45, 7) is 9.08. The van der Waals surface area contributed by atoms with Gasteiger partial charge in [-0.1, -0.05) is 18.2 Å². The normalized spacial score (nSPS) is 19.1. The first-order valence-electron chi connectivity index (χ1n) is 8.39. The Kier molecular flexibility index (Phi) is 4.37. The van der Waals surface area contributed by atoms with Crippen molar-refractivity contribution in [2.24, 2.45) is 0 Å². The average Bonchev–Trinajstić information content (AvgIpc) is 2.81. The zero-order valence-corrected chi connectivity index (χ0v) is 15.0. The Balaban J connectivity index is 1.89. The van der Waals surface area contributed by atoms with Crippen LogP contribution < -0.4 is 0 Å². The van der Waals surface area contributed by atoms with E-state index in [0.717, 1.165) is 11.3 Å². The minimum absolute atomic E-state index is 0.0677. The van der Waals surface area contributed by atoms with Crippen LogP contribution in [-0.4, -0.2) is 35.2 Å². The smallest absolute Gasteiger partial charge is 0.219 e. The Hall–Kier alpha value is -2.99. The molecule has 1 aliphatic carbocycles. The van der Waals surface area contributed by atoms with Crippen LogP contribution in [0.15, 0.2) is 72.0 Å². The van der Waals surface area contributed by atoms with E-state index in [-0.39, 0.29) is 5.41 Å². The fraction of sp³-hybridized carbons (Fsp3) is 0.227. The lowest BCUT2D eigenvalue weighted by atomic mass is 9.83. The summed E-state index contributed by atoms with van der Waals surface area (Å²) < 4.78 is 3.96. The van der Waals surface area contributed by atoms with Gasteiger partial charge in [0.2, 0.25) is 17.9 Å². The van der Waals surface area contributed by atoms with E-state index in [2.05, 4.69) is 75.2 Å². The second-order valence-corrected chi connectivity index (χ2v) is 6.89. The first kappa shape index (κ1) is 16.9. The van der Waals surface area contributed by atoms with Crippen LogP contribution in [0, 0.1) is 11.3 Å². The number of nitrogens with zero attached hydrogens (tertiary/aromatic N) is 3. The zero-order valence-electron chi connectivity index (χ0n) is 15.0. The highest BCUT2D eigenvalue weighted by molar-refractivity contribution is 6.02. The fourth-order valence-corrected chi connectivity index (χ4v) is 3.35. The SMILES string of the molecule is C=[N+]1C(=CC=C2C=CC(=[N+](C)CC#N)C=C2)C(C)(C)c2ccccc21. The maximum absolute atomic E-state index is 8.79. The lowest BCUT2D eigenvalue weighted by Crippen LogP contribution is -2.17. The van der Waals surface area contributed by atoms with Gasteiger partial charge in [-0.15, -0.1) is 0 Å². The molecule has 3 nitrogen and oxygen atoms in total. The van der Waals surface area contributed by atoms with E-state index in [1.54, 1.807) is 0 Å². The van der Waals surface area contributed by atoms with Gasteiger partial charge < -0.3 is 0 Å². The predicted octanol–water partition coefficient (Wildman–Crippen LogP) is 3.87. The summed E-state index contributed by atoms with van der Waals surface area (Å²) in [5.74, 6) is 0. The van der Waals surface area contributed by atoms with Gasteiger partial charge >= 0.3 is 0 Å². The van der Waals surface area contributed by atoms with Crippen LogP contribution in [0.25, 0.3) is 0 Å². The Morgan fingerprint density at radius 1 is 1.16 bits per heavy atom. The molecule has 0 spiro atoms. The number of fused-ring (bicyclic) bond motifs is 1. The van der Waals surface area contributed by atoms with Crippen LogP contribution in [0.1, 0.15) is 19.4 Å². The average molecular weight is 329 g/mol. The fourth-order valence-electron chi connectivity index (χ4n) is 3.35. The van der Waals surface area contributed by atoms with Crippen molar-refractivity contribution >= 4 is 18.1 Å². The Morgan fingerprint density at radius 3 is 2.48 bits per heavy atom. The molecule has 124 valence electrons. The molecular weight excluding hydrogens is 306 g/mol. The molecule has 0 bridgehead atoms. The molecule has 2 aliphatic rings. The summed E-state index contributed by atoms with van der Waals surface area (Å²) in [6.07, 6.45) is 12.5. The van der Waals surface area contributed by atoms with Crippen molar-refractivity contribution in [2.75, 3.05) is 13.6 Å². The van der Waals surface area contributed by atoms with Gasteiger partial charge in [0.25, 0.3) is 0 Å². The number of hydrogen-bond donors (Lipinski definition) is 0.